The number of hydrogen-bond acceptors (Lipinski definition) is 6. The summed E-state index contributed by atoms with van der Waals surface area (Å²) in [6.45, 7) is 0. The van der Waals surface area contributed by atoms with Crippen LogP contribution in [0.4, 0.5) is 0 Å². The van der Waals surface area contributed by atoms with E-state index in [1.807, 2.05) is 0 Å². The smallest absolute Gasteiger partial charge is 0.335 e. The van der Waals surface area contributed by atoms with Gasteiger partial charge in [-0.25, -0.2) is 9.59 Å². The Bertz CT molecular complexity index is 756. The topological polar surface area (TPSA) is 139 Å². The van der Waals surface area contributed by atoms with Crippen molar-refractivity contribution < 1.29 is 39.5 Å². The molecule has 2 rings (SSSR count). The standard InChI is InChI=1S/C16H14O8/c1-23-11-5-7(15(19)20)3-9(13(11)17)10-4-8(16(21)22)6-12(24-2)14(10)18/h3-6,17-18H,1-2H3,(H,19,20)(H,21,22)/p-2. The Labute approximate surface area is 136 Å². The molecule has 2 N–H and O–H groups in total. The molecule has 8 heteroatoms. The number of ether oxygens (including phenoxy) is 2. The van der Waals surface area contributed by atoms with Gasteiger partial charge in [0.15, 0.2) is 0 Å². The van der Waals surface area contributed by atoms with E-state index in [0.29, 0.717) is 0 Å². The van der Waals surface area contributed by atoms with Gasteiger partial charge in [0.1, 0.15) is 11.5 Å². The van der Waals surface area contributed by atoms with E-state index < -0.39 is 23.4 Å². The molecule has 0 saturated carbocycles. The second kappa shape index (κ2) is 6.37. The Morgan fingerprint density at radius 2 is 1.12 bits per heavy atom. The highest BCUT2D eigenvalue weighted by atomic mass is 16.5. The molecule has 126 valence electrons. The summed E-state index contributed by atoms with van der Waals surface area (Å²) in [7, 11) is 2.36. The van der Waals surface area contributed by atoms with Crippen molar-refractivity contribution in [2.75, 3.05) is 14.2 Å². The molecule has 0 heterocycles. The molecule has 0 aliphatic heterocycles. The Morgan fingerprint density at radius 1 is 0.792 bits per heavy atom. The summed E-state index contributed by atoms with van der Waals surface area (Å²) in [6.07, 6.45) is 0. The van der Waals surface area contributed by atoms with Crippen LogP contribution in [0, 0.1) is 0 Å². The van der Waals surface area contributed by atoms with E-state index in [9.17, 15) is 19.8 Å². The predicted octanol–water partition coefficient (Wildman–Crippen LogP) is 0.914. The van der Waals surface area contributed by atoms with E-state index in [0.717, 1.165) is 24.3 Å². The minimum Gasteiger partial charge on any atom is -0.870 e. The van der Waals surface area contributed by atoms with Gasteiger partial charge < -0.3 is 29.9 Å². The molecule has 0 radical (unpaired) electrons. The van der Waals surface area contributed by atoms with Crippen LogP contribution in [0.2, 0.25) is 0 Å². The zero-order chi connectivity index (χ0) is 18.0. The van der Waals surface area contributed by atoms with Crippen LogP contribution in [0.5, 0.6) is 23.0 Å². The summed E-state index contributed by atoms with van der Waals surface area (Å²) in [5.74, 6) is -4.67. The SMILES string of the molecule is COc1cc(C(=O)O)cc(-c2cc(C(=O)O)cc(OC)c2[O-])c1[O-]. The summed E-state index contributed by atoms with van der Waals surface area (Å²) >= 11 is 0. The molecule has 2 aromatic rings. The van der Waals surface area contributed by atoms with E-state index in [1.54, 1.807) is 0 Å². The monoisotopic (exact) mass is 332 g/mol. The maximum atomic E-state index is 12.4. The largest absolute Gasteiger partial charge is 0.870 e. The molecule has 2 aromatic carbocycles. The molecule has 0 amide bonds. The Kier molecular flexibility index (Phi) is 4.50. The van der Waals surface area contributed by atoms with Gasteiger partial charge in [-0.1, -0.05) is 11.5 Å². The third-order valence-corrected chi connectivity index (χ3v) is 3.33. The predicted molar refractivity (Wildman–Crippen MR) is 77.8 cm³/mol. The summed E-state index contributed by atoms with van der Waals surface area (Å²) in [5, 5.41) is 43.0. The molecule has 0 aromatic heterocycles. The van der Waals surface area contributed by atoms with Crippen molar-refractivity contribution in [3.63, 3.8) is 0 Å². The number of carboxylic acids is 2. The molecule has 8 nitrogen and oxygen atoms in total. The van der Waals surface area contributed by atoms with Crippen LogP contribution in [0.3, 0.4) is 0 Å². The Balaban J connectivity index is 2.84. The second-order valence-electron chi connectivity index (χ2n) is 4.72. The van der Waals surface area contributed by atoms with E-state index in [-0.39, 0.29) is 33.8 Å². The lowest BCUT2D eigenvalue weighted by Gasteiger charge is -2.24. The number of benzene rings is 2. The van der Waals surface area contributed by atoms with Crippen molar-refractivity contribution in [1.82, 2.24) is 0 Å². The number of aromatic carboxylic acids is 2. The molecule has 0 saturated heterocycles. The number of methoxy groups -OCH3 is 2. The van der Waals surface area contributed by atoms with Gasteiger partial charge in [0.2, 0.25) is 0 Å². The van der Waals surface area contributed by atoms with Crippen molar-refractivity contribution in [3.05, 3.63) is 35.4 Å². The molecular weight excluding hydrogens is 320 g/mol. The normalized spacial score (nSPS) is 10.2. The van der Waals surface area contributed by atoms with Crippen molar-refractivity contribution in [3.8, 4) is 34.1 Å². The first-order valence-corrected chi connectivity index (χ1v) is 6.55. The molecule has 0 spiro atoms. The van der Waals surface area contributed by atoms with Gasteiger partial charge in [-0.05, 0) is 35.4 Å². The van der Waals surface area contributed by atoms with Crippen LogP contribution in [-0.2, 0) is 0 Å². The summed E-state index contributed by atoms with van der Waals surface area (Å²) in [6, 6.07) is 4.04. The summed E-state index contributed by atoms with van der Waals surface area (Å²) in [4.78, 5) is 22.4. The minimum atomic E-state index is -1.33. The zero-order valence-corrected chi connectivity index (χ0v) is 12.7. The number of carboxylic acid groups (broad SMARTS) is 2. The first kappa shape index (κ1) is 16.9. The molecule has 0 unspecified atom stereocenters. The molecule has 24 heavy (non-hydrogen) atoms. The van der Waals surface area contributed by atoms with Crippen molar-refractivity contribution in [2.45, 2.75) is 0 Å². The molecule has 0 aliphatic rings. The van der Waals surface area contributed by atoms with Crippen molar-refractivity contribution in [1.29, 1.82) is 0 Å². The second-order valence-corrected chi connectivity index (χ2v) is 4.72. The zero-order valence-electron chi connectivity index (χ0n) is 12.7. The summed E-state index contributed by atoms with van der Waals surface area (Å²) < 4.78 is 9.69. The lowest BCUT2D eigenvalue weighted by Crippen LogP contribution is -2.07. The average Bonchev–Trinajstić information content (AvgIpc) is 2.55. The van der Waals surface area contributed by atoms with E-state index >= 15 is 0 Å². The van der Waals surface area contributed by atoms with Gasteiger partial charge in [-0.2, -0.15) is 0 Å². The first-order valence-electron chi connectivity index (χ1n) is 6.55. The lowest BCUT2D eigenvalue weighted by atomic mass is 9.97. The Morgan fingerprint density at radius 3 is 1.38 bits per heavy atom. The first-order chi connectivity index (χ1) is 11.3. The number of rotatable bonds is 5. The van der Waals surface area contributed by atoms with Crippen LogP contribution in [0.1, 0.15) is 20.7 Å². The van der Waals surface area contributed by atoms with E-state index in [4.69, 9.17) is 19.7 Å². The van der Waals surface area contributed by atoms with E-state index in [1.165, 1.54) is 14.2 Å². The van der Waals surface area contributed by atoms with Gasteiger partial charge in [-0.3, -0.25) is 0 Å². The van der Waals surface area contributed by atoms with Crippen LogP contribution >= 0.6 is 0 Å². The summed E-state index contributed by atoms with van der Waals surface area (Å²) in [5.41, 5.74) is -1.11. The van der Waals surface area contributed by atoms with Crippen LogP contribution in [-0.4, -0.2) is 36.4 Å². The van der Waals surface area contributed by atoms with Gasteiger partial charge in [-0.15, -0.1) is 0 Å². The molecule has 0 atom stereocenters. The maximum Gasteiger partial charge on any atom is 0.335 e. The van der Waals surface area contributed by atoms with Crippen LogP contribution < -0.4 is 19.7 Å². The molecular formula is C16H12O8-2. The molecule has 0 fully saturated rings. The third kappa shape index (κ3) is 2.89. The molecule has 0 bridgehead atoms. The van der Waals surface area contributed by atoms with Crippen LogP contribution in [0.25, 0.3) is 11.1 Å². The Hall–Kier alpha value is -3.42. The molecule has 0 aliphatic carbocycles. The highest BCUT2D eigenvalue weighted by Gasteiger charge is 2.15. The highest BCUT2D eigenvalue weighted by Crippen LogP contribution is 2.43. The van der Waals surface area contributed by atoms with Gasteiger partial charge in [0.25, 0.3) is 0 Å². The number of hydrogen-bond donors (Lipinski definition) is 2. The van der Waals surface area contributed by atoms with E-state index in [2.05, 4.69) is 0 Å². The fourth-order valence-electron chi connectivity index (χ4n) is 2.15. The quantitative estimate of drug-likeness (QED) is 0.823. The van der Waals surface area contributed by atoms with Gasteiger partial charge in [0, 0.05) is 0 Å². The fourth-order valence-corrected chi connectivity index (χ4v) is 2.15. The maximum absolute atomic E-state index is 12.4. The van der Waals surface area contributed by atoms with Crippen LogP contribution in [0.15, 0.2) is 24.3 Å². The van der Waals surface area contributed by atoms with Gasteiger partial charge in [0.05, 0.1) is 25.3 Å². The van der Waals surface area contributed by atoms with Crippen molar-refractivity contribution in [2.24, 2.45) is 0 Å². The lowest BCUT2D eigenvalue weighted by molar-refractivity contribution is -0.272. The highest BCUT2D eigenvalue weighted by molar-refractivity contribution is 5.95. The number of carbonyl (C=O) groups is 2. The minimum absolute atomic E-state index is 0.274. The van der Waals surface area contributed by atoms with Crippen molar-refractivity contribution >= 4 is 11.9 Å². The van der Waals surface area contributed by atoms with Gasteiger partial charge >= 0.3 is 11.9 Å². The average molecular weight is 332 g/mol. The fraction of sp³-hybridized carbons (Fsp3) is 0.125. The third-order valence-electron chi connectivity index (χ3n) is 3.33.